The third kappa shape index (κ3) is 3.88. The molecular weight excluding hydrogens is 435 g/mol. The number of esters is 1. The van der Waals surface area contributed by atoms with Crippen LogP contribution in [0.4, 0.5) is 39.5 Å². The maximum atomic E-state index is 13.3. The Morgan fingerprint density at radius 3 is 1.87 bits per heavy atom. The van der Waals surface area contributed by atoms with Gasteiger partial charge < -0.3 is 9.84 Å². The number of fused-ring (bicyclic) bond motifs is 2. The van der Waals surface area contributed by atoms with E-state index in [1.165, 1.54) is 6.92 Å². The molecule has 2 fully saturated rings. The van der Waals surface area contributed by atoms with Gasteiger partial charge in [0.2, 0.25) is 0 Å². The van der Waals surface area contributed by atoms with E-state index in [0.29, 0.717) is 6.92 Å². The van der Waals surface area contributed by atoms with Crippen LogP contribution in [0.5, 0.6) is 0 Å². The molecule has 1 N–H and O–H groups in total. The number of halogens is 9. The van der Waals surface area contributed by atoms with Gasteiger partial charge in [-0.2, -0.15) is 39.5 Å². The molecule has 30 heavy (non-hydrogen) atoms. The van der Waals surface area contributed by atoms with Gasteiger partial charge in [-0.25, -0.2) is 0 Å². The van der Waals surface area contributed by atoms with Crippen molar-refractivity contribution in [1.82, 2.24) is 0 Å². The van der Waals surface area contributed by atoms with Crippen molar-refractivity contribution < 1.29 is 54.2 Å². The summed E-state index contributed by atoms with van der Waals surface area (Å²) in [4.78, 5) is 12.3. The molecule has 0 aromatic carbocycles. The van der Waals surface area contributed by atoms with E-state index >= 15 is 0 Å². The summed E-state index contributed by atoms with van der Waals surface area (Å²) in [5.74, 6) is -4.39. The Morgan fingerprint density at radius 1 is 1.00 bits per heavy atom. The van der Waals surface area contributed by atoms with Gasteiger partial charge in [0, 0.05) is 5.92 Å². The van der Waals surface area contributed by atoms with Gasteiger partial charge in [-0.1, -0.05) is 6.92 Å². The van der Waals surface area contributed by atoms with E-state index in [2.05, 4.69) is 0 Å². The number of alkyl halides is 9. The number of rotatable bonds is 5. The average Bonchev–Trinajstić information content (AvgIpc) is 3.06. The first kappa shape index (κ1) is 25.1. The second kappa shape index (κ2) is 7.16. The molecule has 2 aliphatic rings. The van der Waals surface area contributed by atoms with Crippen molar-refractivity contribution in [1.29, 1.82) is 0 Å². The molecule has 0 amide bonds. The fraction of sp³-hybridized carbons (Fsp3) is 0.944. The fourth-order valence-electron chi connectivity index (χ4n) is 4.78. The first-order valence-electron chi connectivity index (χ1n) is 9.38. The second-order valence-electron chi connectivity index (χ2n) is 8.85. The first-order valence-corrected chi connectivity index (χ1v) is 9.38. The summed E-state index contributed by atoms with van der Waals surface area (Å²) in [7, 11) is 0. The third-order valence-corrected chi connectivity index (χ3v) is 6.88. The molecule has 0 aliphatic heterocycles. The number of hydrogen-bond donors (Lipinski definition) is 1. The summed E-state index contributed by atoms with van der Waals surface area (Å²) in [5, 5.41) is 9.49. The minimum atomic E-state index is -5.99. The minimum Gasteiger partial charge on any atom is -0.458 e. The van der Waals surface area contributed by atoms with E-state index in [1.807, 2.05) is 0 Å². The minimum absolute atomic E-state index is 0.0357. The van der Waals surface area contributed by atoms with Crippen LogP contribution in [-0.4, -0.2) is 40.8 Å². The van der Waals surface area contributed by atoms with Crippen LogP contribution in [0, 0.1) is 23.2 Å². The van der Waals surface area contributed by atoms with Crippen LogP contribution in [0.2, 0.25) is 0 Å². The first-order chi connectivity index (χ1) is 13.2. The molecule has 0 heterocycles. The summed E-state index contributed by atoms with van der Waals surface area (Å²) in [6.07, 6.45) is -19.2. The topological polar surface area (TPSA) is 46.5 Å². The lowest BCUT2D eigenvalue weighted by Gasteiger charge is -2.43. The van der Waals surface area contributed by atoms with Crippen molar-refractivity contribution >= 4 is 5.97 Å². The Labute approximate surface area is 166 Å². The number of carbonyl (C=O) groups excluding carboxylic acids is 1. The van der Waals surface area contributed by atoms with Crippen LogP contribution in [0.3, 0.4) is 0 Å². The molecule has 0 saturated heterocycles. The van der Waals surface area contributed by atoms with Crippen molar-refractivity contribution in [3.63, 3.8) is 0 Å². The standard InChI is InChI=1S/C18H23F9O3/c1-4-13(2,16(19,20)21)12(28)30-14(3)7-9-5-10(11(14)6-9)8-15(29,17(22,23)24)18(25,26)27/h9-11,29H,4-8H2,1-3H3. The van der Waals surface area contributed by atoms with Gasteiger partial charge in [0.25, 0.3) is 5.60 Å². The highest BCUT2D eigenvalue weighted by Gasteiger charge is 2.72. The molecule has 5 unspecified atom stereocenters. The van der Waals surface area contributed by atoms with Crippen LogP contribution in [0.1, 0.15) is 52.9 Å². The molecule has 0 aromatic rings. The highest BCUT2D eigenvalue weighted by Crippen LogP contribution is 2.60. The molecule has 0 aromatic heterocycles. The highest BCUT2D eigenvalue weighted by molar-refractivity contribution is 5.78. The lowest BCUT2D eigenvalue weighted by molar-refractivity contribution is -0.374. The summed E-state index contributed by atoms with van der Waals surface area (Å²) >= 11 is 0. The summed E-state index contributed by atoms with van der Waals surface area (Å²) < 4.78 is 123. The van der Waals surface area contributed by atoms with Crippen molar-refractivity contribution in [2.75, 3.05) is 0 Å². The van der Waals surface area contributed by atoms with Crippen molar-refractivity contribution in [3.8, 4) is 0 Å². The van der Waals surface area contributed by atoms with Gasteiger partial charge in [0.05, 0.1) is 0 Å². The zero-order chi connectivity index (χ0) is 23.6. The Bertz CT molecular complexity index is 655. The van der Waals surface area contributed by atoms with E-state index in [0.717, 1.165) is 6.92 Å². The largest absolute Gasteiger partial charge is 0.458 e. The van der Waals surface area contributed by atoms with Gasteiger partial charge in [-0.3, -0.25) is 4.79 Å². The predicted molar refractivity (Wildman–Crippen MR) is 84.9 cm³/mol. The van der Waals surface area contributed by atoms with Gasteiger partial charge in [0.1, 0.15) is 5.60 Å². The molecule has 0 radical (unpaired) electrons. The van der Waals surface area contributed by atoms with Crippen molar-refractivity contribution in [2.45, 2.75) is 82.6 Å². The highest BCUT2D eigenvalue weighted by atomic mass is 19.4. The van der Waals surface area contributed by atoms with Crippen LogP contribution in [-0.2, 0) is 9.53 Å². The molecule has 2 bridgehead atoms. The molecule has 2 rings (SSSR count). The smallest absolute Gasteiger partial charge is 0.426 e. The van der Waals surface area contributed by atoms with Crippen molar-refractivity contribution in [2.24, 2.45) is 23.2 Å². The Kier molecular flexibility index (Phi) is 5.98. The quantitative estimate of drug-likeness (QED) is 0.434. The maximum absolute atomic E-state index is 13.3. The molecule has 0 spiro atoms. The van der Waals surface area contributed by atoms with Crippen LogP contribution in [0.15, 0.2) is 0 Å². The Hall–Kier alpha value is -1.20. The summed E-state index contributed by atoms with van der Waals surface area (Å²) in [6.45, 7) is 2.98. The summed E-state index contributed by atoms with van der Waals surface area (Å²) in [5.41, 5.74) is -9.46. The molecular formula is C18H23F9O3. The lowest BCUT2D eigenvalue weighted by atomic mass is 9.73. The van der Waals surface area contributed by atoms with E-state index < -0.39 is 71.7 Å². The normalized spacial score (nSPS) is 32.2. The Balaban J connectivity index is 2.28. The van der Waals surface area contributed by atoms with Gasteiger partial charge >= 0.3 is 24.5 Å². The van der Waals surface area contributed by atoms with Crippen LogP contribution >= 0.6 is 0 Å². The SMILES string of the molecule is CCC(C)(C(=O)OC1(C)CC2CC(CC(O)(C(F)(F)F)C(F)(F)F)C1C2)C(F)(F)F. The van der Waals surface area contributed by atoms with E-state index in [-0.39, 0.29) is 19.3 Å². The zero-order valence-corrected chi connectivity index (χ0v) is 16.4. The predicted octanol–water partition coefficient (Wildman–Crippen LogP) is 5.56. The zero-order valence-electron chi connectivity index (χ0n) is 16.4. The monoisotopic (exact) mass is 458 g/mol. The number of aliphatic hydroxyl groups is 1. The third-order valence-electron chi connectivity index (χ3n) is 6.88. The lowest BCUT2D eigenvalue weighted by Crippen LogP contribution is -2.59. The molecule has 5 atom stereocenters. The van der Waals surface area contributed by atoms with Gasteiger partial charge in [-0.15, -0.1) is 0 Å². The number of carbonyl (C=O) groups is 1. The Morgan fingerprint density at radius 2 is 1.50 bits per heavy atom. The van der Waals surface area contributed by atoms with E-state index in [1.54, 1.807) is 0 Å². The molecule has 3 nitrogen and oxygen atoms in total. The molecule has 2 saturated carbocycles. The second-order valence-corrected chi connectivity index (χ2v) is 8.85. The molecule has 12 heteroatoms. The van der Waals surface area contributed by atoms with E-state index in [9.17, 15) is 49.4 Å². The van der Waals surface area contributed by atoms with Crippen LogP contribution < -0.4 is 0 Å². The van der Waals surface area contributed by atoms with Crippen LogP contribution in [0.25, 0.3) is 0 Å². The fourth-order valence-corrected chi connectivity index (χ4v) is 4.78. The summed E-state index contributed by atoms with van der Waals surface area (Å²) in [6, 6.07) is 0. The van der Waals surface area contributed by atoms with Gasteiger partial charge in [0.15, 0.2) is 5.41 Å². The number of hydrogen-bond acceptors (Lipinski definition) is 3. The molecule has 2 aliphatic carbocycles. The maximum Gasteiger partial charge on any atom is 0.426 e. The molecule has 176 valence electrons. The number of ether oxygens (including phenoxy) is 1. The van der Waals surface area contributed by atoms with E-state index in [4.69, 9.17) is 4.74 Å². The van der Waals surface area contributed by atoms with Crippen molar-refractivity contribution in [3.05, 3.63) is 0 Å². The van der Waals surface area contributed by atoms with Gasteiger partial charge in [-0.05, 0) is 57.8 Å². The average molecular weight is 458 g/mol.